The van der Waals surface area contributed by atoms with Crippen LogP contribution in [0.2, 0.25) is 0 Å². The second kappa shape index (κ2) is 6.70. The molecule has 20 heavy (non-hydrogen) atoms. The summed E-state index contributed by atoms with van der Waals surface area (Å²) in [5.74, 6) is 1.57. The Morgan fingerprint density at radius 3 is 2.65 bits per heavy atom. The highest BCUT2D eigenvalue weighted by Crippen LogP contribution is 2.46. The van der Waals surface area contributed by atoms with Crippen molar-refractivity contribution in [1.82, 2.24) is 14.8 Å². The lowest BCUT2D eigenvalue weighted by Gasteiger charge is -2.35. The lowest BCUT2D eigenvalue weighted by atomic mass is 9.73. The highest BCUT2D eigenvalue weighted by Gasteiger charge is 2.41. The summed E-state index contributed by atoms with van der Waals surface area (Å²) in [7, 11) is 0. The lowest BCUT2D eigenvalue weighted by Crippen LogP contribution is -2.36. The second-order valence-corrected chi connectivity index (χ2v) is 6.79. The molecule has 0 saturated heterocycles. The van der Waals surface area contributed by atoms with Crippen LogP contribution in [0.5, 0.6) is 0 Å². The molecule has 0 amide bonds. The molecule has 0 aliphatic heterocycles. The van der Waals surface area contributed by atoms with Crippen molar-refractivity contribution < 1.29 is 5.11 Å². The first-order valence-corrected chi connectivity index (χ1v) is 8.12. The van der Waals surface area contributed by atoms with Crippen molar-refractivity contribution in [3.05, 3.63) is 12.2 Å². The van der Waals surface area contributed by atoms with Crippen LogP contribution >= 0.6 is 0 Å². The van der Waals surface area contributed by atoms with Gasteiger partial charge in [-0.25, -0.2) is 4.98 Å². The Morgan fingerprint density at radius 1 is 1.35 bits per heavy atom. The number of rotatable bonds is 7. The van der Waals surface area contributed by atoms with Gasteiger partial charge in [0.25, 0.3) is 0 Å². The van der Waals surface area contributed by atoms with Crippen LogP contribution in [0.15, 0.2) is 6.33 Å². The van der Waals surface area contributed by atoms with E-state index in [1.54, 1.807) is 6.33 Å². The minimum Gasteiger partial charge on any atom is -0.392 e. The molecule has 1 atom stereocenters. The van der Waals surface area contributed by atoms with Gasteiger partial charge in [0.05, 0.1) is 6.10 Å². The van der Waals surface area contributed by atoms with Crippen LogP contribution < -0.4 is 0 Å². The molecule has 1 aliphatic rings. The zero-order valence-electron chi connectivity index (χ0n) is 13.2. The quantitative estimate of drug-likeness (QED) is 0.834. The van der Waals surface area contributed by atoms with Gasteiger partial charge in [-0.1, -0.05) is 33.6 Å². The first-order valence-electron chi connectivity index (χ1n) is 8.12. The van der Waals surface area contributed by atoms with Crippen LogP contribution in [0.3, 0.4) is 0 Å². The van der Waals surface area contributed by atoms with Gasteiger partial charge < -0.3 is 5.11 Å². The van der Waals surface area contributed by atoms with Crippen molar-refractivity contribution in [2.45, 2.75) is 78.4 Å². The van der Waals surface area contributed by atoms with Gasteiger partial charge in [-0.15, -0.1) is 0 Å². The molecule has 1 heterocycles. The van der Waals surface area contributed by atoms with E-state index < -0.39 is 0 Å². The number of aliphatic hydroxyl groups excluding tert-OH is 1. The summed E-state index contributed by atoms with van der Waals surface area (Å²) in [4.78, 5) is 4.35. The number of aromatic nitrogens is 3. The van der Waals surface area contributed by atoms with Gasteiger partial charge in [-0.3, -0.25) is 4.68 Å². The molecule has 4 nitrogen and oxygen atoms in total. The van der Waals surface area contributed by atoms with Crippen molar-refractivity contribution in [2.75, 3.05) is 0 Å². The summed E-state index contributed by atoms with van der Waals surface area (Å²) in [5, 5.41) is 15.1. The average Bonchev–Trinajstić information content (AvgIpc) is 3.00. The van der Waals surface area contributed by atoms with Crippen LogP contribution in [0, 0.1) is 11.3 Å². The van der Waals surface area contributed by atoms with Gasteiger partial charge in [0, 0.05) is 13.0 Å². The fraction of sp³-hybridized carbons (Fsp3) is 0.875. The van der Waals surface area contributed by atoms with E-state index in [-0.39, 0.29) is 11.5 Å². The lowest BCUT2D eigenvalue weighted by molar-refractivity contribution is 0.0113. The Labute approximate surface area is 122 Å². The largest absolute Gasteiger partial charge is 0.392 e. The van der Waals surface area contributed by atoms with E-state index in [0.29, 0.717) is 12.3 Å². The minimum atomic E-state index is -0.285. The normalized spacial score (nSPS) is 19.6. The Balaban J connectivity index is 2.08. The number of nitrogens with zero attached hydrogens (tertiary/aromatic N) is 3. The van der Waals surface area contributed by atoms with Crippen LogP contribution in [0.4, 0.5) is 0 Å². The molecular formula is C16H29N3O. The molecule has 0 spiro atoms. The third kappa shape index (κ3) is 3.40. The van der Waals surface area contributed by atoms with E-state index in [1.807, 2.05) is 4.68 Å². The molecule has 1 aliphatic carbocycles. The van der Waals surface area contributed by atoms with Gasteiger partial charge in [0.1, 0.15) is 12.2 Å². The van der Waals surface area contributed by atoms with E-state index in [9.17, 15) is 5.11 Å². The zero-order chi connectivity index (χ0) is 14.6. The van der Waals surface area contributed by atoms with E-state index >= 15 is 0 Å². The molecule has 2 rings (SSSR count). The maximum absolute atomic E-state index is 10.8. The zero-order valence-corrected chi connectivity index (χ0v) is 13.2. The van der Waals surface area contributed by atoms with Crippen LogP contribution in [-0.2, 0) is 13.0 Å². The third-order valence-electron chi connectivity index (χ3n) is 4.63. The Bertz CT molecular complexity index is 408. The summed E-state index contributed by atoms with van der Waals surface area (Å²) in [6.45, 7) is 7.54. The second-order valence-electron chi connectivity index (χ2n) is 6.79. The van der Waals surface area contributed by atoms with Crippen molar-refractivity contribution >= 4 is 0 Å². The van der Waals surface area contributed by atoms with Crippen LogP contribution in [0.1, 0.15) is 65.1 Å². The standard InChI is InChI=1S/C16H29N3O/c1-4-9-19-15(17-12-18-19)10-14(20)16(11-13(2)3)7-5-6-8-16/h12-14,20H,4-11H2,1-3H3. The van der Waals surface area contributed by atoms with Crippen molar-refractivity contribution in [1.29, 1.82) is 0 Å². The molecule has 1 aromatic heterocycles. The smallest absolute Gasteiger partial charge is 0.138 e. The predicted octanol–water partition coefficient (Wildman–Crippen LogP) is 3.20. The Morgan fingerprint density at radius 2 is 2.05 bits per heavy atom. The van der Waals surface area contributed by atoms with Gasteiger partial charge in [0.2, 0.25) is 0 Å². The van der Waals surface area contributed by atoms with Gasteiger partial charge in [-0.05, 0) is 37.0 Å². The van der Waals surface area contributed by atoms with E-state index in [2.05, 4.69) is 30.9 Å². The number of aryl methyl sites for hydroxylation is 1. The maximum atomic E-state index is 10.8. The van der Waals surface area contributed by atoms with E-state index in [1.165, 1.54) is 12.8 Å². The molecule has 1 aromatic rings. The molecular weight excluding hydrogens is 250 g/mol. The average molecular weight is 279 g/mol. The molecule has 1 N–H and O–H groups in total. The fourth-order valence-corrected chi connectivity index (χ4v) is 3.80. The highest BCUT2D eigenvalue weighted by atomic mass is 16.3. The topological polar surface area (TPSA) is 50.9 Å². The number of hydrogen-bond acceptors (Lipinski definition) is 3. The highest BCUT2D eigenvalue weighted by molar-refractivity contribution is 4.97. The predicted molar refractivity (Wildman–Crippen MR) is 80.4 cm³/mol. The summed E-state index contributed by atoms with van der Waals surface area (Å²) >= 11 is 0. The van der Waals surface area contributed by atoms with E-state index in [4.69, 9.17) is 0 Å². The molecule has 0 bridgehead atoms. The third-order valence-corrected chi connectivity index (χ3v) is 4.63. The molecule has 1 saturated carbocycles. The van der Waals surface area contributed by atoms with Crippen molar-refractivity contribution in [3.8, 4) is 0 Å². The summed E-state index contributed by atoms with van der Waals surface area (Å²) in [5.41, 5.74) is 0.108. The summed E-state index contributed by atoms with van der Waals surface area (Å²) < 4.78 is 1.95. The maximum Gasteiger partial charge on any atom is 0.138 e. The molecule has 114 valence electrons. The molecule has 0 radical (unpaired) electrons. The van der Waals surface area contributed by atoms with E-state index in [0.717, 1.165) is 38.1 Å². The minimum absolute atomic E-state index is 0.108. The Kier molecular flexibility index (Phi) is 5.19. The van der Waals surface area contributed by atoms with Gasteiger partial charge >= 0.3 is 0 Å². The summed E-state index contributed by atoms with van der Waals surface area (Å²) in [6, 6.07) is 0. The SMILES string of the molecule is CCCn1ncnc1CC(O)C1(CC(C)C)CCCC1. The molecule has 1 unspecified atom stereocenters. The number of hydrogen-bond donors (Lipinski definition) is 1. The monoisotopic (exact) mass is 279 g/mol. The summed E-state index contributed by atoms with van der Waals surface area (Å²) in [6.07, 6.45) is 8.97. The molecule has 1 fully saturated rings. The molecule has 0 aromatic carbocycles. The van der Waals surface area contributed by atoms with Crippen LogP contribution in [-0.4, -0.2) is 26.0 Å². The van der Waals surface area contributed by atoms with Crippen LogP contribution in [0.25, 0.3) is 0 Å². The Hall–Kier alpha value is -0.900. The van der Waals surface area contributed by atoms with Crippen molar-refractivity contribution in [3.63, 3.8) is 0 Å². The first kappa shape index (κ1) is 15.5. The number of aliphatic hydroxyl groups is 1. The molecule has 4 heteroatoms. The van der Waals surface area contributed by atoms with Crippen molar-refractivity contribution in [2.24, 2.45) is 11.3 Å². The van der Waals surface area contributed by atoms with Gasteiger partial charge in [-0.2, -0.15) is 5.10 Å². The van der Waals surface area contributed by atoms with Gasteiger partial charge in [0.15, 0.2) is 0 Å². The fourth-order valence-electron chi connectivity index (χ4n) is 3.80. The first-order chi connectivity index (χ1) is 9.57.